The van der Waals surface area contributed by atoms with Gasteiger partial charge in [-0.2, -0.15) is 0 Å². The van der Waals surface area contributed by atoms with Crippen molar-refractivity contribution in [1.82, 2.24) is 10.2 Å². The van der Waals surface area contributed by atoms with E-state index in [1.54, 1.807) is 19.0 Å². The van der Waals surface area contributed by atoms with E-state index in [0.717, 1.165) is 29.3 Å². The SMILES string of the molecule is CN(C)C(=O)CCCOc1ccc(Cl)cc1CNC1CC1. The number of carbonyl (C=O) groups excluding carboxylic acids is 1. The molecule has 0 radical (unpaired) electrons. The maximum absolute atomic E-state index is 11.5. The number of nitrogens with one attached hydrogen (secondary N) is 1. The largest absolute Gasteiger partial charge is 0.493 e. The lowest BCUT2D eigenvalue weighted by Crippen LogP contribution is -2.21. The van der Waals surface area contributed by atoms with Crippen LogP contribution < -0.4 is 10.1 Å². The van der Waals surface area contributed by atoms with Crippen LogP contribution in [0.25, 0.3) is 0 Å². The fourth-order valence-corrected chi connectivity index (χ4v) is 2.19. The highest BCUT2D eigenvalue weighted by atomic mass is 35.5. The lowest BCUT2D eigenvalue weighted by atomic mass is 10.2. The van der Waals surface area contributed by atoms with Gasteiger partial charge in [0.1, 0.15) is 5.75 Å². The van der Waals surface area contributed by atoms with Gasteiger partial charge in [0.2, 0.25) is 5.91 Å². The van der Waals surface area contributed by atoms with Crippen LogP contribution in [0.1, 0.15) is 31.2 Å². The molecule has 1 aliphatic rings. The Morgan fingerprint density at radius 2 is 2.19 bits per heavy atom. The molecule has 1 N–H and O–H groups in total. The number of benzene rings is 1. The lowest BCUT2D eigenvalue weighted by Gasteiger charge is -2.13. The van der Waals surface area contributed by atoms with E-state index in [2.05, 4.69) is 5.32 Å². The second-order valence-corrected chi connectivity index (χ2v) is 6.08. The molecule has 1 aromatic rings. The molecule has 0 unspecified atom stereocenters. The zero-order chi connectivity index (χ0) is 15.2. The monoisotopic (exact) mass is 310 g/mol. The summed E-state index contributed by atoms with van der Waals surface area (Å²) >= 11 is 6.05. The number of rotatable bonds is 8. The topological polar surface area (TPSA) is 41.6 Å². The van der Waals surface area contributed by atoms with Gasteiger partial charge in [0.15, 0.2) is 0 Å². The molecule has 0 saturated heterocycles. The standard InChI is InChI=1S/C16H23ClN2O2/c1-19(2)16(20)4-3-9-21-15-8-5-13(17)10-12(15)11-18-14-6-7-14/h5,8,10,14,18H,3-4,6-7,9,11H2,1-2H3. The predicted octanol–water partition coefficient (Wildman–Crippen LogP) is 2.84. The number of nitrogens with zero attached hydrogens (tertiary/aromatic N) is 1. The third-order valence-corrected chi connectivity index (χ3v) is 3.71. The predicted molar refractivity (Wildman–Crippen MR) is 84.7 cm³/mol. The first kappa shape index (κ1) is 16.1. The van der Waals surface area contributed by atoms with Crippen LogP contribution in [-0.4, -0.2) is 37.6 Å². The Balaban J connectivity index is 1.81. The zero-order valence-corrected chi connectivity index (χ0v) is 13.4. The Hall–Kier alpha value is -1.26. The van der Waals surface area contributed by atoms with E-state index in [1.165, 1.54) is 12.8 Å². The molecular formula is C16H23ClN2O2. The maximum Gasteiger partial charge on any atom is 0.222 e. The van der Waals surface area contributed by atoms with Gasteiger partial charge >= 0.3 is 0 Å². The van der Waals surface area contributed by atoms with Crippen LogP contribution in [0.5, 0.6) is 5.75 Å². The van der Waals surface area contributed by atoms with E-state index in [4.69, 9.17) is 16.3 Å². The number of carbonyl (C=O) groups is 1. The Kier molecular flexibility index (Phi) is 5.88. The first-order valence-corrected chi connectivity index (χ1v) is 7.79. The molecule has 116 valence electrons. The van der Waals surface area contributed by atoms with Crippen LogP contribution in [-0.2, 0) is 11.3 Å². The highest BCUT2D eigenvalue weighted by Crippen LogP contribution is 2.25. The minimum absolute atomic E-state index is 0.130. The molecule has 0 aromatic heterocycles. The Bertz CT molecular complexity index is 487. The molecule has 1 fully saturated rings. The van der Waals surface area contributed by atoms with E-state index in [-0.39, 0.29) is 5.91 Å². The Morgan fingerprint density at radius 3 is 2.86 bits per heavy atom. The molecule has 0 bridgehead atoms. The van der Waals surface area contributed by atoms with Gasteiger partial charge in [-0.05, 0) is 37.5 Å². The van der Waals surface area contributed by atoms with Gasteiger partial charge in [0.05, 0.1) is 6.61 Å². The van der Waals surface area contributed by atoms with Crippen molar-refractivity contribution in [1.29, 1.82) is 0 Å². The van der Waals surface area contributed by atoms with E-state index in [1.807, 2.05) is 18.2 Å². The second-order valence-electron chi connectivity index (χ2n) is 5.65. The molecule has 5 heteroatoms. The summed E-state index contributed by atoms with van der Waals surface area (Å²) in [7, 11) is 3.54. The quantitative estimate of drug-likeness (QED) is 0.751. The van der Waals surface area contributed by atoms with Crippen molar-refractivity contribution in [2.24, 2.45) is 0 Å². The summed E-state index contributed by atoms with van der Waals surface area (Å²) in [5, 5.41) is 4.18. The van der Waals surface area contributed by atoms with Crippen LogP contribution in [0.2, 0.25) is 5.02 Å². The minimum Gasteiger partial charge on any atom is -0.493 e. The van der Waals surface area contributed by atoms with Gasteiger partial charge in [-0.15, -0.1) is 0 Å². The van der Waals surface area contributed by atoms with Crippen molar-refractivity contribution in [3.63, 3.8) is 0 Å². The van der Waals surface area contributed by atoms with Gasteiger partial charge < -0.3 is 15.0 Å². The van der Waals surface area contributed by atoms with E-state index >= 15 is 0 Å². The highest BCUT2D eigenvalue weighted by molar-refractivity contribution is 6.30. The van der Waals surface area contributed by atoms with Gasteiger partial charge in [-0.3, -0.25) is 4.79 Å². The molecule has 1 saturated carbocycles. The van der Waals surface area contributed by atoms with E-state index in [0.29, 0.717) is 19.1 Å². The number of ether oxygens (including phenoxy) is 1. The molecule has 4 nitrogen and oxygen atoms in total. The van der Waals surface area contributed by atoms with Crippen molar-refractivity contribution in [3.05, 3.63) is 28.8 Å². The van der Waals surface area contributed by atoms with Crippen molar-refractivity contribution in [2.75, 3.05) is 20.7 Å². The molecular weight excluding hydrogens is 288 g/mol. The second kappa shape index (κ2) is 7.66. The molecule has 1 aliphatic carbocycles. The normalized spacial score (nSPS) is 14.0. The summed E-state index contributed by atoms with van der Waals surface area (Å²) in [6.07, 6.45) is 3.73. The third kappa shape index (κ3) is 5.56. The fraction of sp³-hybridized carbons (Fsp3) is 0.562. The van der Waals surface area contributed by atoms with Gasteiger partial charge in [-0.25, -0.2) is 0 Å². The molecule has 1 amide bonds. The van der Waals surface area contributed by atoms with Crippen molar-refractivity contribution in [2.45, 2.75) is 38.3 Å². The molecule has 1 aromatic carbocycles. The zero-order valence-electron chi connectivity index (χ0n) is 12.7. The van der Waals surface area contributed by atoms with E-state index < -0.39 is 0 Å². The van der Waals surface area contributed by atoms with Crippen LogP contribution >= 0.6 is 11.6 Å². The summed E-state index contributed by atoms with van der Waals surface area (Å²) in [5.41, 5.74) is 1.08. The molecule has 2 rings (SSSR count). The number of hydrogen-bond donors (Lipinski definition) is 1. The first-order chi connectivity index (χ1) is 10.1. The van der Waals surface area contributed by atoms with Crippen LogP contribution in [0.15, 0.2) is 18.2 Å². The van der Waals surface area contributed by atoms with E-state index in [9.17, 15) is 4.79 Å². The molecule has 21 heavy (non-hydrogen) atoms. The Labute approximate surface area is 131 Å². The number of hydrogen-bond acceptors (Lipinski definition) is 3. The number of amides is 1. The summed E-state index contributed by atoms with van der Waals surface area (Å²) in [6, 6.07) is 6.33. The van der Waals surface area contributed by atoms with Crippen molar-refractivity contribution >= 4 is 17.5 Å². The number of halogens is 1. The lowest BCUT2D eigenvalue weighted by molar-refractivity contribution is -0.128. The summed E-state index contributed by atoms with van der Waals surface area (Å²) in [5.74, 6) is 0.982. The summed E-state index contributed by atoms with van der Waals surface area (Å²) < 4.78 is 5.81. The van der Waals surface area contributed by atoms with Crippen molar-refractivity contribution in [3.8, 4) is 5.75 Å². The third-order valence-electron chi connectivity index (χ3n) is 3.47. The van der Waals surface area contributed by atoms with Crippen molar-refractivity contribution < 1.29 is 9.53 Å². The fourth-order valence-electron chi connectivity index (χ4n) is 2.00. The average Bonchev–Trinajstić information content (AvgIpc) is 3.26. The van der Waals surface area contributed by atoms with Crippen LogP contribution in [0.4, 0.5) is 0 Å². The maximum atomic E-state index is 11.5. The average molecular weight is 311 g/mol. The summed E-state index contributed by atoms with van der Waals surface area (Å²) in [6.45, 7) is 1.31. The summed E-state index contributed by atoms with van der Waals surface area (Å²) in [4.78, 5) is 13.1. The van der Waals surface area contributed by atoms with Crippen LogP contribution in [0.3, 0.4) is 0 Å². The van der Waals surface area contributed by atoms with Crippen LogP contribution in [0, 0.1) is 0 Å². The first-order valence-electron chi connectivity index (χ1n) is 7.41. The van der Waals surface area contributed by atoms with Gasteiger partial charge in [-0.1, -0.05) is 11.6 Å². The van der Waals surface area contributed by atoms with Gasteiger partial charge in [0, 0.05) is 43.7 Å². The molecule has 0 spiro atoms. The molecule has 0 heterocycles. The Morgan fingerprint density at radius 1 is 1.43 bits per heavy atom. The molecule has 0 aliphatic heterocycles. The minimum atomic E-state index is 0.130. The van der Waals surface area contributed by atoms with Gasteiger partial charge in [0.25, 0.3) is 0 Å². The molecule has 0 atom stereocenters. The highest BCUT2D eigenvalue weighted by Gasteiger charge is 2.20. The smallest absolute Gasteiger partial charge is 0.222 e.